The molecule has 0 spiro atoms. The molecular weight excluding hydrogens is 276 g/mol. The standard InChI is InChI=1S/C13H16N4O2S/c1-9(13-14-8-15-16-13)17-20(18,19)12-6-5-10-3-2-4-11(10)7-12/h5-9,17H,2-4H2,1H3,(H,14,15,16). The number of aromatic nitrogens is 3. The van der Waals surface area contributed by atoms with E-state index < -0.39 is 16.1 Å². The van der Waals surface area contributed by atoms with Crippen molar-refractivity contribution >= 4 is 10.0 Å². The number of aromatic amines is 1. The maximum atomic E-state index is 12.4. The molecule has 3 rings (SSSR count). The molecule has 1 aliphatic carbocycles. The molecule has 0 saturated heterocycles. The molecular formula is C13H16N4O2S. The number of rotatable bonds is 4. The van der Waals surface area contributed by atoms with Crippen molar-refractivity contribution in [3.8, 4) is 0 Å². The highest BCUT2D eigenvalue weighted by molar-refractivity contribution is 7.89. The average molecular weight is 292 g/mol. The molecule has 20 heavy (non-hydrogen) atoms. The van der Waals surface area contributed by atoms with Crippen LogP contribution in [0.2, 0.25) is 0 Å². The SMILES string of the molecule is CC(NS(=O)(=O)c1ccc2c(c1)CCC2)c1ncn[nH]1. The Morgan fingerprint density at radius 2 is 2.10 bits per heavy atom. The molecule has 1 aromatic carbocycles. The van der Waals surface area contributed by atoms with Crippen LogP contribution in [0.25, 0.3) is 0 Å². The first-order valence-corrected chi connectivity index (χ1v) is 8.04. The quantitative estimate of drug-likeness (QED) is 0.890. The number of nitrogens with one attached hydrogen (secondary N) is 2. The van der Waals surface area contributed by atoms with Gasteiger partial charge in [-0.3, -0.25) is 5.10 Å². The number of fused-ring (bicyclic) bond motifs is 1. The molecule has 6 nitrogen and oxygen atoms in total. The summed E-state index contributed by atoms with van der Waals surface area (Å²) in [5.74, 6) is 0.495. The van der Waals surface area contributed by atoms with Crippen LogP contribution < -0.4 is 4.72 Å². The molecule has 0 amide bonds. The normalized spacial score (nSPS) is 16.1. The van der Waals surface area contributed by atoms with Crippen LogP contribution in [0.5, 0.6) is 0 Å². The van der Waals surface area contributed by atoms with Crippen LogP contribution in [0.1, 0.15) is 36.3 Å². The van der Waals surface area contributed by atoms with E-state index in [2.05, 4.69) is 19.9 Å². The lowest BCUT2D eigenvalue weighted by Crippen LogP contribution is -2.27. The second-order valence-corrected chi connectivity index (χ2v) is 6.71. The Morgan fingerprint density at radius 1 is 1.30 bits per heavy atom. The molecule has 0 bridgehead atoms. The maximum absolute atomic E-state index is 12.4. The van der Waals surface area contributed by atoms with E-state index in [9.17, 15) is 8.42 Å². The zero-order valence-electron chi connectivity index (χ0n) is 11.1. The summed E-state index contributed by atoms with van der Waals surface area (Å²) >= 11 is 0. The summed E-state index contributed by atoms with van der Waals surface area (Å²) in [5, 5.41) is 6.39. The van der Waals surface area contributed by atoms with Crippen LogP contribution in [0.15, 0.2) is 29.4 Å². The fourth-order valence-electron chi connectivity index (χ4n) is 2.50. The number of aryl methyl sites for hydroxylation is 2. The zero-order chi connectivity index (χ0) is 14.2. The van der Waals surface area contributed by atoms with E-state index in [0.717, 1.165) is 24.8 Å². The van der Waals surface area contributed by atoms with E-state index in [1.54, 1.807) is 19.1 Å². The van der Waals surface area contributed by atoms with Crippen LogP contribution in [-0.4, -0.2) is 23.6 Å². The molecule has 7 heteroatoms. The van der Waals surface area contributed by atoms with Gasteiger partial charge >= 0.3 is 0 Å². The second-order valence-electron chi connectivity index (χ2n) is 5.00. The maximum Gasteiger partial charge on any atom is 0.241 e. The fraction of sp³-hybridized carbons (Fsp3) is 0.385. The Morgan fingerprint density at radius 3 is 2.85 bits per heavy atom. The van der Waals surface area contributed by atoms with E-state index in [4.69, 9.17) is 0 Å². The van der Waals surface area contributed by atoms with Crippen LogP contribution in [0.4, 0.5) is 0 Å². The van der Waals surface area contributed by atoms with Gasteiger partial charge in [0.15, 0.2) is 0 Å². The molecule has 1 aromatic heterocycles. The highest BCUT2D eigenvalue weighted by atomic mass is 32.2. The summed E-state index contributed by atoms with van der Waals surface area (Å²) in [6, 6.07) is 4.91. The summed E-state index contributed by atoms with van der Waals surface area (Å²) in [4.78, 5) is 4.27. The molecule has 1 heterocycles. The Hall–Kier alpha value is -1.73. The predicted octanol–water partition coefficient (Wildman–Crippen LogP) is 1.33. The number of hydrogen-bond donors (Lipinski definition) is 2. The van der Waals surface area contributed by atoms with E-state index in [1.165, 1.54) is 11.9 Å². The molecule has 2 N–H and O–H groups in total. The fourth-order valence-corrected chi connectivity index (χ4v) is 3.75. The second kappa shape index (κ2) is 4.99. The third kappa shape index (κ3) is 2.46. The van der Waals surface area contributed by atoms with Crippen LogP contribution in [-0.2, 0) is 22.9 Å². The highest BCUT2D eigenvalue weighted by Gasteiger charge is 2.22. The van der Waals surface area contributed by atoms with E-state index in [0.29, 0.717) is 10.7 Å². The van der Waals surface area contributed by atoms with Gasteiger partial charge in [0.25, 0.3) is 0 Å². The summed E-state index contributed by atoms with van der Waals surface area (Å²) in [5.41, 5.74) is 2.40. The summed E-state index contributed by atoms with van der Waals surface area (Å²) in [6.45, 7) is 1.73. The Kier molecular flexibility index (Phi) is 3.31. The molecule has 2 aromatic rings. The molecule has 0 radical (unpaired) electrons. The van der Waals surface area contributed by atoms with Crippen LogP contribution >= 0.6 is 0 Å². The van der Waals surface area contributed by atoms with E-state index in [1.807, 2.05) is 6.07 Å². The van der Waals surface area contributed by atoms with Crippen molar-refractivity contribution in [2.45, 2.75) is 37.1 Å². The van der Waals surface area contributed by atoms with Crippen molar-refractivity contribution in [3.63, 3.8) is 0 Å². The average Bonchev–Trinajstić information content (AvgIpc) is 3.08. The van der Waals surface area contributed by atoms with Gasteiger partial charge in [0.2, 0.25) is 10.0 Å². The van der Waals surface area contributed by atoms with Gasteiger partial charge < -0.3 is 0 Å². The van der Waals surface area contributed by atoms with Gasteiger partial charge in [-0.25, -0.2) is 18.1 Å². The summed E-state index contributed by atoms with van der Waals surface area (Å²) < 4.78 is 27.3. The first-order chi connectivity index (χ1) is 9.56. The molecule has 0 fully saturated rings. The predicted molar refractivity (Wildman–Crippen MR) is 73.6 cm³/mol. The van der Waals surface area contributed by atoms with Crippen LogP contribution in [0, 0.1) is 0 Å². The van der Waals surface area contributed by atoms with Crippen LogP contribution in [0.3, 0.4) is 0 Å². The number of sulfonamides is 1. The van der Waals surface area contributed by atoms with Crippen molar-refractivity contribution in [2.75, 3.05) is 0 Å². The lowest BCUT2D eigenvalue weighted by atomic mass is 10.1. The topological polar surface area (TPSA) is 87.7 Å². The minimum atomic E-state index is -3.54. The minimum Gasteiger partial charge on any atom is -0.262 e. The van der Waals surface area contributed by atoms with Gasteiger partial charge in [-0.2, -0.15) is 5.10 Å². The van der Waals surface area contributed by atoms with Gasteiger partial charge in [-0.15, -0.1) is 0 Å². The van der Waals surface area contributed by atoms with E-state index >= 15 is 0 Å². The summed E-state index contributed by atoms with van der Waals surface area (Å²) in [6.07, 6.45) is 4.45. The number of H-pyrrole nitrogens is 1. The van der Waals surface area contributed by atoms with Gasteiger partial charge in [0, 0.05) is 0 Å². The van der Waals surface area contributed by atoms with Gasteiger partial charge in [0.05, 0.1) is 10.9 Å². The zero-order valence-corrected chi connectivity index (χ0v) is 11.9. The number of benzene rings is 1. The number of hydrogen-bond acceptors (Lipinski definition) is 4. The molecule has 1 atom stereocenters. The first kappa shape index (κ1) is 13.3. The molecule has 106 valence electrons. The summed E-state index contributed by atoms with van der Waals surface area (Å²) in [7, 11) is -3.54. The molecule has 0 aliphatic heterocycles. The Bertz CT molecular complexity index is 710. The molecule has 0 saturated carbocycles. The highest BCUT2D eigenvalue weighted by Crippen LogP contribution is 2.25. The lowest BCUT2D eigenvalue weighted by molar-refractivity contribution is 0.560. The minimum absolute atomic E-state index is 0.310. The van der Waals surface area contributed by atoms with E-state index in [-0.39, 0.29) is 0 Å². The van der Waals surface area contributed by atoms with Crippen molar-refractivity contribution in [3.05, 3.63) is 41.5 Å². The smallest absolute Gasteiger partial charge is 0.241 e. The van der Waals surface area contributed by atoms with Gasteiger partial charge in [-0.05, 0) is 49.4 Å². The monoisotopic (exact) mass is 292 g/mol. The molecule has 1 unspecified atom stereocenters. The largest absolute Gasteiger partial charge is 0.262 e. The lowest BCUT2D eigenvalue weighted by Gasteiger charge is -2.12. The third-order valence-electron chi connectivity index (χ3n) is 3.56. The Balaban J connectivity index is 1.85. The van der Waals surface area contributed by atoms with Crippen molar-refractivity contribution in [1.82, 2.24) is 19.9 Å². The first-order valence-electron chi connectivity index (χ1n) is 6.56. The Labute approximate surface area is 117 Å². The van der Waals surface area contributed by atoms with Gasteiger partial charge in [0.1, 0.15) is 12.2 Å². The third-order valence-corrected chi connectivity index (χ3v) is 5.09. The van der Waals surface area contributed by atoms with Crippen molar-refractivity contribution < 1.29 is 8.42 Å². The number of nitrogens with zero attached hydrogens (tertiary/aromatic N) is 2. The van der Waals surface area contributed by atoms with Gasteiger partial charge in [-0.1, -0.05) is 6.07 Å². The molecule has 1 aliphatic rings. The van der Waals surface area contributed by atoms with Crippen molar-refractivity contribution in [1.29, 1.82) is 0 Å². The van der Waals surface area contributed by atoms with Crippen molar-refractivity contribution in [2.24, 2.45) is 0 Å².